The normalized spacial score (nSPS) is 25.5. The van der Waals surface area contributed by atoms with Crippen LogP contribution < -0.4 is 0 Å². The number of hydrogen-bond acceptors (Lipinski definition) is 3. The Labute approximate surface area is 112 Å². The fraction of sp³-hybridized carbons (Fsp3) is 0.467. The molecule has 2 fully saturated rings. The van der Waals surface area contributed by atoms with Crippen LogP contribution >= 0.6 is 0 Å². The molecule has 1 saturated heterocycles. The summed E-state index contributed by atoms with van der Waals surface area (Å²) in [7, 11) is 0. The molecule has 2 aliphatic rings. The predicted octanol–water partition coefficient (Wildman–Crippen LogP) is 2.52. The Balaban J connectivity index is 1.63. The van der Waals surface area contributed by atoms with Gasteiger partial charge in [0.05, 0.1) is 0 Å². The molecule has 1 aliphatic carbocycles. The van der Waals surface area contributed by atoms with Crippen LogP contribution in [0.2, 0.25) is 0 Å². The van der Waals surface area contributed by atoms with Crippen molar-refractivity contribution in [3.63, 3.8) is 0 Å². The van der Waals surface area contributed by atoms with Gasteiger partial charge in [-0.1, -0.05) is 30.3 Å². The number of rotatable bonds is 2. The van der Waals surface area contributed by atoms with Gasteiger partial charge in [-0.3, -0.25) is 9.69 Å². The van der Waals surface area contributed by atoms with Crippen LogP contribution in [0, 0.1) is 0 Å². The number of hydrogen-bond donors (Lipinski definition) is 0. The van der Waals surface area contributed by atoms with Gasteiger partial charge in [0.1, 0.15) is 12.1 Å². The Morgan fingerprint density at radius 2 is 2.05 bits per heavy atom. The predicted molar refractivity (Wildman–Crippen MR) is 69.5 cm³/mol. The molecule has 1 aromatic carbocycles. The van der Waals surface area contributed by atoms with Crippen molar-refractivity contribution in [2.75, 3.05) is 6.54 Å². The lowest BCUT2D eigenvalue weighted by atomic mass is 9.73. The molecule has 1 aromatic rings. The molecule has 1 saturated carbocycles. The van der Waals surface area contributed by atoms with Gasteiger partial charge in [0.25, 0.3) is 0 Å². The van der Waals surface area contributed by atoms with Gasteiger partial charge in [-0.15, -0.1) is 0 Å². The molecule has 3 rings (SSSR count). The second kappa shape index (κ2) is 4.68. The summed E-state index contributed by atoms with van der Waals surface area (Å²) in [5, 5.41) is 0. The molecule has 1 amide bonds. The minimum absolute atomic E-state index is 0.196. The first kappa shape index (κ1) is 12.2. The fourth-order valence-electron chi connectivity index (χ4n) is 3.01. The number of Topliss-reactive ketones (excluding diaryl/α,β-unsaturated/α-hetero) is 1. The molecule has 1 atom stereocenters. The number of carbonyl (C=O) groups excluding carboxylic acids is 2. The topological polar surface area (TPSA) is 46.6 Å². The van der Waals surface area contributed by atoms with Gasteiger partial charge >= 0.3 is 6.09 Å². The van der Waals surface area contributed by atoms with E-state index in [4.69, 9.17) is 4.74 Å². The van der Waals surface area contributed by atoms with Crippen molar-refractivity contribution < 1.29 is 14.3 Å². The number of nitrogens with zero attached hydrogens (tertiary/aromatic N) is 1. The highest BCUT2D eigenvalue weighted by Gasteiger charge is 2.55. The molecule has 0 aromatic heterocycles. The number of ketones is 1. The standard InChI is InChI=1S/C15H17NO3/c17-13-7-9-15(13)8-4-10-16(15)14(18)19-11-12-5-2-1-3-6-12/h1-3,5-6H,4,7-11H2. The van der Waals surface area contributed by atoms with Crippen molar-refractivity contribution in [2.45, 2.75) is 37.8 Å². The maximum absolute atomic E-state index is 12.1. The second-order valence-electron chi connectivity index (χ2n) is 5.25. The summed E-state index contributed by atoms with van der Waals surface area (Å²) in [6.45, 7) is 0.903. The highest BCUT2D eigenvalue weighted by molar-refractivity contribution is 5.97. The lowest BCUT2D eigenvalue weighted by Crippen LogP contribution is -2.59. The largest absolute Gasteiger partial charge is 0.445 e. The maximum Gasteiger partial charge on any atom is 0.410 e. The zero-order chi connectivity index (χ0) is 13.3. The molecule has 1 aliphatic heterocycles. The van der Waals surface area contributed by atoms with Gasteiger partial charge in [0, 0.05) is 13.0 Å². The van der Waals surface area contributed by atoms with Crippen molar-refractivity contribution in [3.05, 3.63) is 35.9 Å². The summed E-state index contributed by atoms with van der Waals surface area (Å²) < 4.78 is 5.33. The molecule has 19 heavy (non-hydrogen) atoms. The van der Waals surface area contributed by atoms with Gasteiger partial charge in [0.2, 0.25) is 0 Å². The third-order valence-electron chi connectivity index (χ3n) is 4.20. The van der Waals surface area contributed by atoms with Crippen LogP contribution in [0.1, 0.15) is 31.2 Å². The van der Waals surface area contributed by atoms with Crippen molar-refractivity contribution in [1.29, 1.82) is 0 Å². The molecule has 0 N–H and O–H groups in total. The van der Waals surface area contributed by atoms with E-state index < -0.39 is 5.54 Å². The Bertz CT molecular complexity index is 499. The van der Waals surface area contributed by atoms with Crippen LogP contribution in [0.3, 0.4) is 0 Å². The molecular weight excluding hydrogens is 242 g/mol. The van der Waals surface area contributed by atoms with E-state index in [0.29, 0.717) is 13.0 Å². The number of ether oxygens (including phenoxy) is 1. The first-order valence-electron chi connectivity index (χ1n) is 6.74. The van der Waals surface area contributed by atoms with E-state index in [9.17, 15) is 9.59 Å². The van der Waals surface area contributed by atoms with Gasteiger partial charge in [-0.05, 0) is 24.8 Å². The first-order chi connectivity index (χ1) is 9.22. The lowest BCUT2D eigenvalue weighted by molar-refractivity contribution is -0.138. The van der Waals surface area contributed by atoms with Crippen LogP contribution in [-0.4, -0.2) is 28.9 Å². The van der Waals surface area contributed by atoms with E-state index >= 15 is 0 Å². The van der Waals surface area contributed by atoms with Gasteiger partial charge < -0.3 is 4.74 Å². The quantitative estimate of drug-likeness (QED) is 0.820. The molecule has 4 heteroatoms. The Morgan fingerprint density at radius 3 is 2.68 bits per heavy atom. The average molecular weight is 259 g/mol. The van der Waals surface area contributed by atoms with Crippen molar-refractivity contribution in [3.8, 4) is 0 Å². The van der Waals surface area contributed by atoms with Crippen molar-refractivity contribution in [1.82, 2.24) is 4.90 Å². The smallest absolute Gasteiger partial charge is 0.410 e. The maximum atomic E-state index is 12.1. The van der Waals surface area contributed by atoms with Crippen LogP contribution in [0.15, 0.2) is 30.3 Å². The zero-order valence-electron chi connectivity index (χ0n) is 10.8. The molecule has 0 radical (unpaired) electrons. The fourth-order valence-corrected chi connectivity index (χ4v) is 3.01. The third-order valence-corrected chi connectivity index (χ3v) is 4.20. The third kappa shape index (κ3) is 2.01. The van der Waals surface area contributed by atoms with E-state index in [-0.39, 0.29) is 18.5 Å². The minimum atomic E-state index is -0.520. The molecule has 4 nitrogen and oxygen atoms in total. The minimum Gasteiger partial charge on any atom is -0.445 e. The van der Waals surface area contributed by atoms with E-state index in [1.54, 1.807) is 4.90 Å². The number of benzene rings is 1. The monoisotopic (exact) mass is 259 g/mol. The van der Waals surface area contributed by atoms with Crippen LogP contribution in [0.5, 0.6) is 0 Å². The zero-order valence-corrected chi connectivity index (χ0v) is 10.8. The summed E-state index contributed by atoms with van der Waals surface area (Å²) in [4.78, 5) is 25.6. The number of likely N-dealkylation sites (tertiary alicyclic amines) is 1. The van der Waals surface area contributed by atoms with Gasteiger partial charge in [0.15, 0.2) is 5.78 Å². The Kier molecular flexibility index (Phi) is 3.01. The van der Waals surface area contributed by atoms with E-state index in [2.05, 4.69) is 0 Å². The molecule has 1 unspecified atom stereocenters. The summed E-state index contributed by atoms with van der Waals surface area (Å²) >= 11 is 0. The molecule has 100 valence electrons. The Morgan fingerprint density at radius 1 is 1.26 bits per heavy atom. The van der Waals surface area contributed by atoms with Crippen molar-refractivity contribution >= 4 is 11.9 Å². The Hall–Kier alpha value is -1.84. The van der Waals surface area contributed by atoms with Crippen LogP contribution in [0.25, 0.3) is 0 Å². The summed E-state index contributed by atoms with van der Waals surface area (Å²) in [5.74, 6) is 0.196. The lowest BCUT2D eigenvalue weighted by Gasteiger charge is -2.43. The van der Waals surface area contributed by atoms with E-state index in [0.717, 1.165) is 24.8 Å². The number of amides is 1. The molecule has 1 heterocycles. The highest BCUT2D eigenvalue weighted by Crippen LogP contribution is 2.42. The highest BCUT2D eigenvalue weighted by atomic mass is 16.6. The second-order valence-corrected chi connectivity index (χ2v) is 5.25. The van der Waals surface area contributed by atoms with Gasteiger partial charge in [-0.2, -0.15) is 0 Å². The summed E-state index contributed by atoms with van der Waals surface area (Å²) in [5.41, 5.74) is 0.442. The molecule has 1 spiro atoms. The van der Waals surface area contributed by atoms with Gasteiger partial charge in [-0.25, -0.2) is 4.79 Å². The SMILES string of the molecule is O=C(OCc1ccccc1)N1CCCC12CCC2=O. The summed E-state index contributed by atoms with van der Waals surface area (Å²) in [6, 6.07) is 9.59. The number of carbonyl (C=O) groups is 2. The average Bonchev–Trinajstić information content (AvgIpc) is 2.91. The van der Waals surface area contributed by atoms with E-state index in [1.165, 1.54) is 0 Å². The van der Waals surface area contributed by atoms with Crippen LogP contribution in [-0.2, 0) is 16.1 Å². The first-order valence-corrected chi connectivity index (χ1v) is 6.74. The molecular formula is C15H17NO3. The van der Waals surface area contributed by atoms with Crippen molar-refractivity contribution in [2.24, 2.45) is 0 Å². The van der Waals surface area contributed by atoms with E-state index in [1.807, 2.05) is 30.3 Å². The van der Waals surface area contributed by atoms with Crippen LogP contribution in [0.4, 0.5) is 4.79 Å². The summed E-state index contributed by atoms with van der Waals surface area (Å²) in [6.07, 6.45) is 2.74. The molecule has 0 bridgehead atoms.